The van der Waals surface area contributed by atoms with Crippen molar-refractivity contribution in [3.63, 3.8) is 0 Å². The number of hydrogen-bond acceptors (Lipinski definition) is 3. The number of hydrogen-bond donors (Lipinski definition) is 2. The lowest BCUT2D eigenvalue weighted by Gasteiger charge is -2.28. The normalized spacial score (nSPS) is 17.2. The predicted molar refractivity (Wildman–Crippen MR) is 71.1 cm³/mol. The minimum absolute atomic E-state index is 0.0697. The SMILES string of the molecule is N=C(Cl)C1=C(N)CCN(Cc2ccccc2)C1. The van der Waals surface area contributed by atoms with E-state index >= 15 is 0 Å². The van der Waals surface area contributed by atoms with Crippen LogP contribution in [0.5, 0.6) is 0 Å². The van der Waals surface area contributed by atoms with Crippen molar-refractivity contribution >= 4 is 16.8 Å². The number of rotatable bonds is 3. The van der Waals surface area contributed by atoms with Gasteiger partial charge in [-0.25, -0.2) is 0 Å². The van der Waals surface area contributed by atoms with Gasteiger partial charge in [0.2, 0.25) is 0 Å². The minimum atomic E-state index is 0.0697. The molecule has 0 bridgehead atoms. The summed E-state index contributed by atoms with van der Waals surface area (Å²) in [6.07, 6.45) is 0.789. The zero-order valence-electron chi connectivity index (χ0n) is 9.62. The highest BCUT2D eigenvalue weighted by Crippen LogP contribution is 2.18. The lowest BCUT2D eigenvalue weighted by atomic mass is 10.1. The van der Waals surface area contributed by atoms with Gasteiger partial charge in [0, 0.05) is 37.3 Å². The van der Waals surface area contributed by atoms with Crippen molar-refractivity contribution in [2.24, 2.45) is 5.73 Å². The van der Waals surface area contributed by atoms with Crippen LogP contribution in [0.1, 0.15) is 12.0 Å². The lowest BCUT2D eigenvalue weighted by Crippen LogP contribution is -2.34. The van der Waals surface area contributed by atoms with Crippen molar-refractivity contribution < 1.29 is 0 Å². The first-order chi connectivity index (χ1) is 8.16. The molecule has 1 aromatic rings. The van der Waals surface area contributed by atoms with Gasteiger partial charge in [-0.2, -0.15) is 0 Å². The third kappa shape index (κ3) is 3.08. The highest BCUT2D eigenvalue weighted by Gasteiger charge is 2.19. The first-order valence-corrected chi connectivity index (χ1v) is 6.03. The molecule has 17 heavy (non-hydrogen) atoms. The molecule has 0 saturated heterocycles. The Labute approximate surface area is 106 Å². The molecule has 90 valence electrons. The average Bonchev–Trinajstić information content (AvgIpc) is 2.32. The van der Waals surface area contributed by atoms with E-state index in [1.165, 1.54) is 5.56 Å². The van der Waals surface area contributed by atoms with Gasteiger partial charge in [0.15, 0.2) is 0 Å². The van der Waals surface area contributed by atoms with Crippen molar-refractivity contribution in [1.82, 2.24) is 4.90 Å². The summed E-state index contributed by atoms with van der Waals surface area (Å²) >= 11 is 5.74. The molecule has 0 atom stereocenters. The number of nitrogens with one attached hydrogen (secondary N) is 1. The molecular weight excluding hydrogens is 234 g/mol. The maximum Gasteiger partial charge on any atom is 0.127 e. The zero-order valence-corrected chi connectivity index (χ0v) is 10.4. The molecule has 0 aliphatic carbocycles. The van der Waals surface area contributed by atoms with Crippen LogP contribution in [0.25, 0.3) is 0 Å². The van der Waals surface area contributed by atoms with Crippen LogP contribution in [0.4, 0.5) is 0 Å². The van der Waals surface area contributed by atoms with Gasteiger partial charge in [-0.15, -0.1) is 0 Å². The Balaban J connectivity index is 2.04. The van der Waals surface area contributed by atoms with Gasteiger partial charge in [0.1, 0.15) is 5.17 Å². The van der Waals surface area contributed by atoms with E-state index in [9.17, 15) is 0 Å². The van der Waals surface area contributed by atoms with Crippen LogP contribution in [0.15, 0.2) is 41.6 Å². The van der Waals surface area contributed by atoms with Crippen LogP contribution in [-0.4, -0.2) is 23.2 Å². The summed E-state index contributed by atoms with van der Waals surface area (Å²) in [4.78, 5) is 2.26. The molecule has 3 N–H and O–H groups in total. The molecule has 0 aromatic heterocycles. The summed E-state index contributed by atoms with van der Waals surface area (Å²) in [5.74, 6) is 0. The summed E-state index contributed by atoms with van der Waals surface area (Å²) in [6, 6.07) is 10.3. The van der Waals surface area contributed by atoms with Gasteiger partial charge in [-0.3, -0.25) is 10.3 Å². The average molecular weight is 250 g/mol. The van der Waals surface area contributed by atoms with Crippen molar-refractivity contribution in [3.8, 4) is 0 Å². The van der Waals surface area contributed by atoms with E-state index in [0.717, 1.165) is 30.8 Å². The molecule has 2 rings (SSSR count). The second-order valence-electron chi connectivity index (χ2n) is 4.26. The number of benzene rings is 1. The fourth-order valence-electron chi connectivity index (χ4n) is 2.02. The zero-order chi connectivity index (χ0) is 12.3. The van der Waals surface area contributed by atoms with E-state index in [-0.39, 0.29) is 5.17 Å². The van der Waals surface area contributed by atoms with Gasteiger partial charge < -0.3 is 5.73 Å². The van der Waals surface area contributed by atoms with E-state index in [0.29, 0.717) is 6.54 Å². The van der Waals surface area contributed by atoms with E-state index in [2.05, 4.69) is 17.0 Å². The van der Waals surface area contributed by atoms with Gasteiger partial charge >= 0.3 is 0 Å². The van der Waals surface area contributed by atoms with Crippen LogP contribution in [0, 0.1) is 5.41 Å². The molecule has 1 aliphatic rings. The fraction of sp³-hybridized carbons (Fsp3) is 0.308. The molecule has 0 spiro atoms. The van der Waals surface area contributed by atoms with Crippen molar-refractivity contribution in [1.29, 1.82) is 5.41 Å². The molecule has 0 fully saturated rings. The summed E-state index contributed by atoms with van der Waals surface area (Å²) < 4.78 is 0. The minimum Gasteiger partial charge on any atom is -0.402 e. The Morgan fingerprint density at radius 1 is 1.35 bits per heavy atom. The molecule has 1 aromatic carbocycles. The van der Waals surface area contributed by atoms with Crippen LogP contribution in [0.2, 0.25) is 0 Å². The highest BCUT2D eigenvalue weighted by atomic mass is 35.5. The van der Waals surface area contributed by atoms with E-state index in [4.69, 9.17) is 22.7 Å². The van der Waals surface area contributed by atoms with Gasteiger partial charge in [0.25, 0.3) is 0 Å². The Kier molecular flexibility index (Phi) is 3.82. The molecule has 0 unspecified atom stereocenters. The van der Waals surface area contributed by atoms with Crippen molar-refractivity contribution in [2.45, 2.75) is 13.0 Å². The number of nitrogens with two attached hydrogens (primary N) is 1. The molecule has 0 saturated carbocycles. The molecule has 0 radical (unpaired) electrons. The van der Waals surface area contributed by atoms with E-state index in [1.54, 1.807) is 0 Å². The van der Waals surface area contributed by atoms with Crippen LogP contribution in [-0.2, 0) is 6.54 Å². The quantitative estimate of drug-likeness (QED) is 0.808. The Morgan fingerprint density at radius 3 is 2.71 bits per heavy atom. The number of nitrogens with zero attached hydrogens (tertiary/aromatic N) is 1. The molecular formula is C13H16ClN3. The highest BCUT2D eigenvalue weighted by molar-refractivity contribution is 6.68. The summed E-state index contributed by atoms with van der Waals surface area (Å²) in [7, 11) is 0. The summed E-state index contributed by atoms with van der Waals surface area (Å²) in [5, 5.41) is 7.56. The van der Waals surface area contributed by atoms with Crippen LogP contribution in [0.3, 0.4) is 0 Å². The van der Waals surface area contributed by atoms with Crippen LogP contribution < -0.4 is 5.73 Å². The maximum atomic E-state index is 7.49. The fourth-order valence-corrected chi connectivity index (χ4v) is 2.20. The van der Waals surface area contributed by atoms with Gasteiger partial charge in [-0.05, 0) is 5.56 Å². The molecule has 0 amide bonds. The first kappa shape index (κ1) is 12.1. The van der Waals surface area contributed by atoms with Crippen LogP contribution >= 0.6 is 11.6 Å². The topological polar surface area (TPSA) is 53.1 Å². The third-order valence-corrected chi connectivity index (χ3v) is 3.21. The largest absolute Gasteiger partial charge is 0.402 e. The van der Waals surface area contributed by atoms with Gasteiger partial charge in [0.05, 0.1) is 0 Å². The predicted octanol–water partition coefficient (Wildman–Crippen LogP) is 2.32. The third-order valence-electron chi connectivity index (χ3n) is 2.98. The monoisotopic (exact) mass is 249 g/mol. The maximum absolute atomic E-state index is 7.49. The molecule has 1 heterocycles. The first-order valence-electron chi connectivity index (χ1n) is 5.65. The summed E-state index contributed by atoms with van der Waals surface area (Å²) in [6.45, 7) is 2.47. The Morgan fingerprint density at radius 2 is 2.06 bits per heavy atom. The van der Waals surface area contributed by atoms with Crippen molar-refractivity contribution in [3.05, 3.63) is 47.2 Å². The standard InChI is InChI=1S/C13H16ClN3/c14-13(16)11-9-17(7-6-12(11)15)8-10-4-2-1-3-5-10/h1-5,16H,6-9,15H2. The van der Waals surface area contributed by atoms with E-state index in [1.807, 2.05) is 18.2 Å². The molecule has 4 heteroatoms. The summed E-state index contributed by atoms with van der Waals surface area (Å²) in [5.41, 5.74) is 8.67. The second kappa shape index (κ2) is 5.34. The number of halogens is 1. The lowest BCUT2D eigenvalue weighted by molar-refractivity contribution is 0.281. The smallest absolute Gasteiger partial charge is 0.127 e. The second-order valence-corrected chi connectivity index (χ2v) is 4.64. The van der Waals surface area contributed by atoms with Gasteiger partial charge in [-0.1, -0.05) is 41.9 Å². The van der Waals surface area contributed by atoms with Crippen molar-refractivity contribution in [2.75, 3.05) is 13.1 Å². The van der Waals surface area contributed by atoms with E-state index < -0.39 is 0 Å². The Bertz CT molecular complexity index is 439. The molecule has 1 aliphatic heterocycles. The molecule has 3 nitrogen and oxygen atoms in total. The Hall–Kier alpha value is -1.32.